The summed E-state index contributed by atoms with van der Waals surface area (Å²) in [6.45, 7) is 4.42. The Morgan fingerprint density at radius 2 is 1.85 bits per heavy atom. The minimum Gasteiger partial charge on any atom is -0.312 e. The molecule has 1 fully saturated rings. The first-order valence-corrected chi connectivity index (χ1v) is 8.62. The molecule has 0 aromatic heterocycles. The lowest BCUT2D eigenvalue weighted by atomic mass is 9.95. The monoisotopic (exact) mass is 338 g/mol. The van der Waals surface area contributed by atoms with Crippen LogP contribution in [0.3, 0.4) is 0 Å². The van der Waals surface area contributed by atoms with Crippen molar-refractivity contribution in [3.8, 4) is 0 Å². The van der Waals surface area contributed by atoms with Gasteiger partial charge in [-0.2, -0.15) is 0 Å². The molecule has 0 spiro atoms. The summed E-state index contributed by atoms with van der Waals surface area (Å²) >= 11 is 3.49. The number of benzene rings is 1. The van der Waals surface area contributed by atoms with Crippen LogP contribution in [0, 0.1) is 0 Å². The first kappa shape index (κ1) is 16.0. The number of rotatable bonds is 6. The minimum atomic E-state index is 0.570. The molecule has 1 aromatic carbocycles. The molecule has 0 aliphatic heterocycles. The SMILES string of the molecule is CC(CNC1CCCCC1)N(C)Cc1ccc(Br)cc1. The summed E-state index contributed by atoms with van der Waals surface area (Å²) in [6.07, 6.45) is 6.96. The summed E-state index contributed by atoms with van der Waals surface area (Å²) in [6, 6.07) is 9.96. The molecule has 1 saturated carbocycles. The van der Waals surface area contributed by atoms with E-state index in [1.54, 1.807) is 0 Å². The standard InChI is InChI=1S/C17H27BrN2/c1-14(12-19-17-6-4-3-5-7-17)20(2)13-15-8-10-16(18)11-9-15/h8-11,14,17,19H,3-7,12-13H2,1-2H3. The molecule has 1 aliphatic rings. The highest BCUT2D eigenvalue weighted by Gasteiger charge is 2.15. The zero-order chi connectivity index (χ0) is 14.4. The van der Waals surface area contributed by atoms with Gasteiger partial charge in [-0.1, -0.05) is 47.3 Å². The predicted molar refractivity (Wildman–Crippen MR) is 89.9 cm³/mol. The molecule has 112 valence electrons. The van der Waals surface area contributed by atoms with Gasteiger partial charge in [0, 0.05) is 29.6 Å². The van der Waals surface area contributed by atoms with Crippen LogP contribution in [-0.4, -0.2) is 30.6 Å². The number of nitrogens with zero attached hydrogens (tertiary/aromatic N) is 1. The van der Waals surface area contributed by atoms with E-state index >= 15 is 0 Å². The summed E-state index contributed by atoms with van der Waals surface area (Å²) in [4.78, 5) is 2.43. The molecule has 1 unspecified atom stereocenters. The molecule has 0 saturated heterocycles. The van der Waals surface area contributed by atoms with Crippen LogP contribution < -0.4 is 5.32 Å². The summed E-state index contributed by atoms with van der Waals surface area (Å²) in [5.41, 5.74) is 1.38. The zero-order valence-corrected chi connectivity index (χ0v) is 14.3. The van der Waals surface area contributed by atoms with Crippen molar-refractivity contribution in [2.75, 3.05) is 13.6 Å². The van der Waals surface area contributed by atoms with Crippen molar-refractivity contribution in [1.29, 1.82) is 0 Å². The second-order valence-corrected chi connectivity index (χ2v) is 7.05. The Hall–Kier alpha value is -0.380. The zero-order valence-electron chi connectivity index (χ0n) is 12.7. The van der Waals surface area contributed by atoms with E-state index in [9.17, 15) is 0 Å². The third-order valence-corrected chi connectivity index (χ3v) is 4.93. The molecule has 1 aliphatic carbocycles. The van der Waals surface area contributed by atoms with Crippen molar-refractivity contribution < 1.29 is 0 Å². The van der Waals surface area contributed by atoms with Gasteiger partial charge in [0.25, 0.3) is 0 Å². The van der Waals surface area contributed by atoms with Gasteiger partial charge in [-0.05, 0) is 44.5 Å². The van der Waals surface area contributed by atoms with Crippen LogP contribution in [0.4, 0.5) is 0 Å². The lowest BCUT2D eigenvalue weighted by Gasteiger charge is -2.29. The average molecular weight is 339 g/mol. The van der Waals surface area contributed by atoms with E-state index in [1.807, 2.05) is 0 Å². The van der Waals surface area contributed by atoms with Crippen molar-refractivity contribution in [2.24, 2.45) is 0 Å². The van der Waals surface area contributed by atoms with E-state index in [4.69, 9.17) is 0 Å². The van der Waals surface area contributed by atoms with Crippen LogP contribution in [-0.2, 0) is 6.54 Å². The molecular formula is C17H27BrN2. The maximum absolute atomic E-state index is 3.75. The van der Waals surface area contributed by atoms with Crippen LogP contribution in [0.2, 0.25) is 0 Å². The lowest BCUT2D eigenvalue weighted by molar-refractivity contribution is 0.230. The van der Waals surface area contributed by atoms with Crippen molar-refractivity contribution in [1.82, 2.24) is 10.2 Å². The van der Waals surface area contributed by atoms with Crippen LogP contribution in [0.15, 0.2) is 28.7 Å². The normalized spacial score (nSPS) is 18.4. The van der Waals surface area contributed by atoms with Gasteiger partial charge in [0.15, 0.2) is 0 Å². The molecule has 0 heterocycles. The highest BCUT2D eigenvalue weighted by Crippen LogP contribution is 2.17. The highest BCUT2D eigenvalue weighted by molar-refractivity contribution is 9.10. The third kappa shape index (κ3) is 5.19. The van der Waals surface area contributed by atoms with Gasteiger partial charge >= 0.3 is 0 Å². The van der Waals surface area contributed by atoms with Gasteiger partial charge in [0.1, 0.15) is 0 Å². The summed E-state index contributed by atoms with van der Waals surface area (Å²) < 4.78 is 1.15. The average Bonchev–Trinajstić information content (AvgIpc) is 2.48. The molecule has 20 heavy (non-hydrogen) atoms. The Kier molecular flexibility index (Phi) is 6.53. The first-order valence-electron chi connectivity index (χ1n) is 7.83. The first-order chi connectivity index (χ1) is 9.65. The smallest absolute Gasteiger partial charge is 0.0234 e. The van der Waals surface area contributed by atoms with E-state index in [0.29, 0.717) is 6.04 Å². The van der Waals surface area contributed by atoms with E-state index in [2.05, 4.69) is 64.4 Å². The summed E-state index contributed by atoms with van der Waals surface area (Å²) in [5, 5.41) is 3.75. The Bertz CT molecular complexity index is 384. The summed E-state index contributed by atoms with van der Waals surface area (Å²) in [5.74, 6) is 0. The van der Waals surface area contributed by atoms with Crippen LogP contribution in [0.25, 0.3) is 0 Å². The molecular weight excluding hydrogens is 312 g/mol. The van der Waals surface area contributed by atoms with Crippen LogP contribution in [0.5, 0.6) is 0 Å². The van der Waals surface area contributed by atoms with Gasteiger partial charge < -0.3 is 5.32 Å². The van der Waals surface area contributed by atoms with E-state index < -0.39 is 0 Å². The lowest BCUT2D eigenvalue weighted by Crippen LogP contribution is -2.42. The Morgan fingerprint density at radius 1 is 1.20 bits per heavy atom. The number of halogens is 1. The Morgan fingerprint density at radius 3 is 2.50 bits per heavy atom. The molecule has 1 atom stereocenters. The van der Waals surface area contributed by atoms with Gasteiger partial charge in [0.2, 0.25) is 0 Å². The second kappa shape index (κ2) is 8.16. The van der Waals surface area contributed by atoms with Gasteiger partial charge in [-0.15, -0.1) is 0 Å². The fourth-order valence-corrected chi connectivity index (χ4v) is 3.10. The maximum atomic E-state index is 3.75. The Labute approximate surface area is 132 Å². The van der Waals surface area contributed by atoms with E-state index in [1.165, 1.54) is 37.7 Å². The van der Waals surface area contributed by atoms with Gasteiger partial charge in [-0.25, -0.2) is 0 Å². The molecule has 1 N–H and O–H groups in total. The number of hydrogen-bond acceptors (Lipinski definition) is 2. The van der Waals surface area contributed by atoms with Crippen molar-refractivity contribution >= 4 is 15.9 Å². The quantitative estimate of drug-likeness (QED) is 0.836. The third-order valence-electron chi connectivity index (χ3n) is 4.40. The second-order valence-electron chi connectivity index (χ2n) is 6.13. The molecule has 0 radical (unpaired) electrons. The van der Waals surface area contributed by atoms with Crippen molar-refractivity contribution in [2.45, 2.75) is 57.7 Å². The Balaban J connectivity index is 1.73. The van der Waals surface area contributed by atoms with Crippen LogP contribution in [0.1, 0.15) is 44.6 Å². The molecule has 2 rings (SSSR count). The summed E-state index contributed by atoms with van der Waals surface area (Å²) in [7, 11) is 2.22. The molecule has 3 heteroatoms. The predicted octanol–water partition coefficient (Wildman–Crippen LogP) is 4.19. The molecule has 2 nitrogen and oxygen atoms in total. The number of hydrogen-bond donors (Lipinski definition) is 1. The van der Waals surface area contributed by atoms with Crippen LogP contribution >= 0.6 is 15.9 Å². The van der Waals surface area contributed by atoms with Crippen molar-refractivity contribution in [3.63, 3.8) is 0 Å². The number of likely N-dealkylation sites (N-methyl/N-ethyl adjacent to an activating group) is 1. The van der Waals surface area contributed by atoms with Crippen molar-refractivity contribution in [3.05, 3.63) is 34.3 Å². The topological polar surface area (TPSA) is 15.3 Å². The fraction of sp³-hybridized carbons (Fsp3) is 0.647. The number of nitrogens with one attached hydrogen (secondary N) is 1. The molecule has 1 aromatic rings. The van der Waals surface area contributed by atoms with E-state index in [0.717, 1.165) is 23.6 Å². The maximum Gasteiger partial charge on any atom is 0.0234 e. The van der Waals surface area contributed by atoms with Gasteiger partial charge in [0.05, 0.1) is 0 Å². The van der Waals surface area contributed by atoms with E-state index in [-0.39, 0.29) is 0 Å². The molecule has 0 bridgehead atoms. The fourth-order valence-electron chi connectivity index (χ4n) is 2.83. The highest BCUT2D eigenvalue weighted by atomic mass is 79.9. The van der Waals surface area contributed by atoms with Gasteiger partial charge in [-0.3, -0.25) is 4.90 Å². The molecule has 0 amide bonds. The largest absolute Gasteiger partial charge is 0.312 e. The minimum absolute atomic E-state index is 0.570.